The van der Waals surface area contributed by atoms with Crippen LogP contribution in [0.5, 0.6) is 0 Å². The number of nitrogens with zero attached hydrogens (tertiary/aromatic N) is 3. The second kappa shape index (κ2) is 7.63. The summed E-state index contributed by atoms with van der Waals surface area (Å²) >= 11 is 6.99. The third-order valence-corrected chi connectivity index (χ3v) is 9.14. The Morgan fingerprint density at radius 1 is 1.27 bits per heavy atom. The van der Waals surface area contributed by atoms with Crippen LogP contribution >= 0.6 is 22.9 Å². The highest BCUT2D eigenvalue weighted by molar-refractivity contribution is 7.91. The quantitative estimate of drug-likeness (QED) is 0.807. The number of likely N-dealkylation sites (tertiary alicyclic amines) is 1. The van der Waals surface area contributed by atoms with Crippen LogP contribution in [0.1, 0.15) is 19.8 Å². The number of rotatable bonds is 4. The third kappa shape index (κ3) is 3.60. The highest BCUT2D eigenvalue weighted by atomic mass is 35.5. The molecule has 0 aliphatic carbocycles. The Bertz CT molecular complexity index is 761. The van der Waals surface area contributed by atoms with Crippen molar-refractivity contribution in [2.75, 3.05) is 46.3 Å². The van der Waals surface area contributed by atoms with Crippen molar-refractivity contribution in [1.82, 2.24) is 19.4 Å². The van der Waals surface area contributed by atoms with Crippen molar-refractivity contribution in [3.63, 3.8) is 0 Å². The summed E-state index contributed by atoms with van der Waals surface area (Å²) < 4.78 is 27.8. The lowest BCUT2D eigenvalue weighted by atomic mass is 9.92. The van der Waals surface area contributed by atoms with Gasteiger partial charge in [0.2, 0.25) is 0 Å². The Morgan fingerprint density at radius 2 is 1.96 bits per heavy atom. The first-order valence-electron chi connectivity index (χ1n) is 8.79. The summed E-state index contributed by atoms with van der Waals surface area (Å²) in [6.45, 7) is 5.83. The minimum Gasteiger partial charge on any atom is -0.341 e. The monoisotopic (exact) mass is 420 g/mol. The maximum atomic E-state index is 12.8. The molecule has 0 saturated carbocycles. The van der Waals surface area contributed by atoms with Crippen LogP contribution in [0.2, 0.25) is 4.34 Å². The number of hydrogen-bond acceptors (Lipinski definition) is 5. The molecule has 0 aromatic carbocycles. The highest BCUT2D eigenvalue weighted by Gasteiger charge is 2.44. The molecule has 1 N–H and O–H groups in total. The van der Waals surface area contributed by atoms with E-state index in [0.717, 1.165) is 30.7 Å². The lowest BCUT2D eigenvalue weighted by Gasteiger charge is -2.45. The van der Waals surface area contributed by atoms with Gasteiger partial charge in [-0.3, -0.25) is 4.90 Å². The molecule has 3 rings (SSSR count). The number of thiophene rings is 1. The van der Waals surface area contributed by atoms with E-state index in [2.05, 4.69) is 17.1 Å². The minimum atomic E-state index is -3.48. The van der Waals surface area contributed by atoms with Gasteiger partial charge in [-0.05, 0) is 25.0 Å². The van der Waals surface area contributed by atoms with Gasteiger partial charge >= 0.3 is 6.03 Å². The Hall–Kier alpha value is -0.870. The number of amides is 2. The molecule has 2 amide bonds. The molecule has 2 aliphatic rings. The zero-order valence-corrected chi connectivity index (χ0v) is 17.5. The predicted molar refractivity (Wildman–Crippen MR) is 103 cm³/mol. The summed E-state index contributed by atoms with van der Waals surface area (Å²) in [5, 5.41) is 2.69. The molecule has 3 heterocycles. The summed E-state index contributed by atoms with van der Waals surface area (Å²) in [7, 11) is -1.83. The number of sulfonamides is 1. The van der Waals surface area contributed by atoms with Crippen molar-refractivity contribution in [2.45, 2.75) is 29.5 Å². The first-order valence-corrected chi connectivity index (χ1v) is 11.4. The average Bonchev–Trinajstić information content (AvgIpc) is 3.29. The standard InChI is InChI=1S/C16H25ClN4O3S2/c1-3-16(6-7-19(12-16)15(22)18-2)20-8-10-21(11-9-20)26(23,24)14-5-4-13(17)25-14/h4-5H,3,6-12H2,1-2H3,(H,18,22). The molecular weight excluding hydrogens is 396 g/mol. The van der Waals surface area contributed by atoms with Gasteiger partial charge in [-0.1, -0.05) is 18.5 Å². The zero-order chi connectivity index (χ0) is 18.9. The molecule has 0 spiro atoms. The van der Waals surface area contributed by atoms with Gasteiger partial charge in [-0.2, -0.15) is 4.31 Å². The summed E-state index contributed by atoms with van der Waals surface area (Å²) in [5.41, 5.74) is -0.0609. The van der Waals surface area contributed by atoms with E-state index in [9.17, 15) is 13.2 Å². The molecule has 1 aromatic heterocycles. The molecule has 1 aromatic rings. The zero-order valence-electron chi connectivity index (χ0n) is 15.1. The summed E-state index contributed by atoms with van der Waals surface area (Å²) in [6.07, 6.45) is 1.86. The molecule has 26 heavy (non-hydrogen) atoms. The molecule has 7 nitrogen and oxygen atoms in total. The molecule has 2 saturated heterocycles. The Kier molecular flexibility index (Phi) is 5.83. The third-order valence-electron chi connectivity index (χ3n) is 5.54. The first-order chi connectivity index (χ1) is 12.3. The second-order valence-electron chi connectivity index (χ2n) is 6.75. The van der Waals surface area contributed by atoms with E-state index in [1.807, 2.05) is 4.90 Å². The van der Waals surface area contributed by atoms with E-state index in [1.54, 1.807) is 23.5 Å². The van der Waals surface area contributed by atoms with E-state index < -0.39 is 10.0 Å². The van der Waals surface area contributed by atoms with Crippen molar-refractivity contribution >= 4 is 39.0 Å². The largest absolute Gasteiger partial charge is 0.341 e. The first kappa shape index (κ1) is 19.9. The van der Waals surface area contributed by atoms with Crippen LogP contribution in [-0.2, 0) is 10.0 Å². The number of nitrogens with one attached hydrogen (secondary N) is 1. The molecule has 0 radical (unpaired) electrons. The Morgan fingerprint density at radius 3 is 2.50 bits per heavy atom. The van der Waals surface area contributed by atoms with Gasteiger partial charge in [0.05, 0.1) is 4.34 Å². The summed E-state index contributed by atoms with van der Waals surface area (Å²) in [4.78, 5) is 16.2. The molecule has 1 atom stereocenters. The van der Waals surface area contributed by atoms with Crippen molar-refractivity contribution in [1.29, 1.82) is 0 Å². The van der Waals surface area contributed by atoms with E-state index in [0.29, 0.717) is 41.3 Å². The van der Waals surface area contributed by atoms with Gasteiger partial charge in [0.25, 0.3) is 10.0 Å². The number of hydrogen-bond donors (Lipinski definition) is 1. The normalized spacial score (nSPS) is 25.6. The number of carbonyl (C=O) groups excluding carboxylic acids is 1. The van der Waals surface area contributed by atoms with E-state index >= 15 is 0 Å². The summed E-state index contributed by atoms with van der Waals surface area (Å²) in [6, 6.07) is 3.14. The SMILES string of the molecule is CCC1(N2CCN(S(=O)(=O)c3ccc(Cl)s3)CC2)CCN(C(=O)NC)C1. The van der Waals surface area contributed by atoms with E-state index in [4.69, 9.17) is 11.6 Å². The number of piperazine rings is 1. The maximum Gasteiger partial charge on any atom is 0.317 e. The second-order valence-corrected chi connectivity index (χ2v) is 10.6. The minimum absolute atomic E-state index is 0.0453. The van der Waals surface area contributed by atoms with Crippen LogP contribution in [0.25, 0.3) is 0 Å². The maximum absolute atomic E-state index is 12.8. The van der Waals surface area contributed by atoms with Crippen molar-refractivity contribution in [3.8, 4) is 0 Å². The number of carbonyl (C=O) groups is 1. The molecule has 2 fully saturated rings. The fraction of sp³-hybridized carbons (Fsp3) is 0.688. The van der Waals surface area contributed by atoms with Crippen LogP contribution in [0.3, 0.4) is 0 Å². The van der Waals surface area contributed by atoms with Crippen LogP contribution in [-0.4, -0.2) is 80.4 Å². The average molecular weight is 421 g/mol. The smallest absolute Gasteiger partial charge is 0.317 e. The van der Waals surface area contributed by atoms with Crippen molar-refractivity contribution in [2.24, 2.45) is 0 Å². The Labute approximate surface area is 163 Å². The van der Waals surface area contributed by atoms with Gasteiger partial charge in [-0.15, -0.1) is 11.3 Å². The molecular formula is C16H25ClN4O3S2. The van der Waals surface area contributed by atoms with E-state index in [-0.39, 0.29) is 11.6 Å². The fourth-order valence-corrected chi connectivity index (χ4v) is 6.98. The van der Waals surface area contributed by atoms with Gasteiger partial charge in [-0.25, -0.2) is 13.2 Å². The highest BCUT2D eigenvalue weighted by Crippen LogP contribution is 2.34. The van der Waals surface area contributed by atoms with Gasteiger partial charge in [0, 0.05) is 51.9 Å². The lowest BCUT2D eigenvalue weighted by Crippen LogP contribution is -2.59. The lowest BCUT2D eigenvalue weighted by molar-refractivity contribution is 0.0575. The topological polar surface area (TPSA) is 73.0 Å². The van der Waals surface area contributed by atoms with Gasteiger partial charge in [0.1, 0.15) is 4.21 Å². The fourth-order valence-electron chi connectivity index (χ4n) is 3.92. The number of urea groups is 1. The molecule has 0 bridgehead atoms. The van der Waals surface area contributed by atoms with Gasteiger partial charge in [0.15, 0.2) is 0 Å². The van der Waals surface area contributed by atoms with Crippen LogP contribution < -0.4 is 5.32 Å². The van der Waals surface area contributed by atoms with Crippen LogP contribution in [0, 0.1) is 0 Å². The molecule has 10 heteroatoms. The van der Waals surface area contributed by atoms with Gasteiger partial charge < -0.3 is 10.2 Å². The predicted octanol–water partition coefficient (Wildman–Crippen LogP) is 1.90. The van der Waals surface area contributed by atoms with Crippen molar-refractivity contribution in [3.05, 3.63) is 16.5 Å². The van der Waals surface area contributed by atoms with Crippen LogP contribution in [0.4, 0.5) is 4.79 Å². The summed E-state index contributed by atoms with van der Waals surface area (Å²) in [5.74, 6) is 0. The molecule has 2 aliphatic heterocycles. The molecule has 146 valence electrons. The van der Waals surface area contributed by atoms with Crippen molar-refractivity contribution < 1.29 is 13.2 Å². The van der Waals surface area contributed by atoms with E-state index in [1.165, 1.54) is 0 Å². The Balaban J connectivity index is 1.67. The van der Waals surface area contributed by atoms with Crippen LogP contribution in [0.15, 0.2) is 16.3 Å². The number of halogens is 1. The molecule has 1 unspecified atom stereocenters.